The van der Waals surface area contributed by atoms with Gasteiger partial charge in [-0.25, -0.2) is 13.1 Å². The van der Waals surface area contributed by atoms with Gasteiger partial charge in [-0.1, -0.05) is 36.4 Å². The topological polar surface area (TPSA) is 119 Å². The predicted molar refractivity (Wildman–Crippen MR) is 87.9 cm³/mol. The molecule has 0 saturated carbocycles. The molecule has 0 aliphatic carbocycles. The predicted octanol–water partition coefficient (Wildman–Crippen LogP) is 0.325. The molecular weight excluding hydrogens is 332 g/mol. The molecule has 1 amide bonds. The number of methoxy groups -OCH3 is 1. The average Bonchev–Trinajstić information content (AvgIpc) is 2.60. The number of amides is 1. The smallest absolute Gasteiger partial charge is 0.258 e. The maximum Gasteiger partial charge on any atom is 0.258 e. The number of aliphatic hydroxyl groups is 1. The van der Waals surface area contributed by atoms with E-state index in [1.165, 1.54) is 32.4 Å². The van der Waals surface area contributed by atoms with Crippen LogP contribution in [-0.2, 0) is 20.4 Å². The minimum absolute atomic E-state index is 0.0162. The first-order valence-electron chi connectivity index (χ1n) is 6.97. The Balaban J connectivity index is 2.68. The number of benzene rings is 2. The molecule has 0 spiro atoms. The van der Waals surface area contributed by atoms with Crippen molar-refractivity contribution in [2.45, 2.75) is 10.5 Å². The second-order valence-corrected chi connectivity index (χ2v) is 6.87. The van der Waals surface area contributed by atoms with E-state index in [9.17, 15) is 18.3 Å². The lowest BCUT2D eigenvalue weighted by Gasteiger charge is -2.26. The van der Waals surface area contributed by atoms with Crippen molar-refractivity contribution >= 4 is 15.9 Å². The first-order valence-corrected chi connectivity index (χ1v) is 8.45. The maximum atomic E-state index is 12.0. The number of carbonyl (C=O) groups excluding carboxylic acids is 1. The highest BCUT2D eigenvalue weighted by Gasteiger charge is 2.39. The summed E-state index contributed by atoms with van der Waals surface area (Å²) in [5.41, 5.74) is 3.67. The molecule has 0 radical (unpaired) electrons. The molecule has 7 nitrogen and oxygen atoms in total. The third kappa shape index (κ3) is 2.99. The van der Waals surface area contributed by atoms with E-state index in [1.807, 2.05) is 0 Å². The number of nitrogens with two attached hydrogens (primary N) is 1. The van der Waals surface area contributed by atoms with Crippen molar-refractivity contribution in [3.05, 3.63) is 59.7 Å². The van der Waals surface area contributed by atoms with Crippen LogP contribution in [0.1, 0.15) is 11.1 Å². The van der Waals surface area contributed by atoms with Gasteiger partial charge in [0.25, 0.3) is 5.91 Å². The molecule has 24 heavy (non-hydrogen) atoms. The summed E-state index contributed by atoms with van der Waals surface area (Å²) in [6.45, 7) is 0. The standard InChI is InChI=1S/C16H18N2O5S/c1-18-24(21,22)14-9-8-12(10-13(14)23-2)16(20,15(17)19)11-6-4-3-5-7-11/h3-10,18,20H,1-2H3,(H2,17,19). The van der Waals surface area contributed by atoms with Gasteiger partial charge in [-0.3, -0.25) is 4.79 Å². The van der Waals surface area contributed by atoms with E-state index in [2.05, 4.69) is 4.72 Å². The lowest BCUT2D eigenvalue weighted by atomic mass is 9.85. The fourth-order valence-corrected chi connectivity index (χ4v) is 3.23. The summed E-state index contributed by atoms with van der Waals surface area (Å²) in [7, 11) is -1.20. The van der Waals surface area contributed by atoms with Gasteiger partial charge in [0, 0.05) is 5.56 Å². The normalized spacial score (nSPS) is 14.0. The minimum Gasteiger partial charge on any atom is -0.495 e. The Bertz CT molecular complexity index is 852. The summed E-state index contributed by atoms with van der Waals surface area (Å²) in [6.07, 6.45) is 0. The van der Waals surface area contributed by atoms with E-state index in [0.717, 1.165) is 0 Å². The Kier molecular flexibility index (Phi) is 4.93. The number of hydrogen-bond acceptors (Lipinski definition) is 5. The van der Waals surface area contributed by atoms with Crippen molar-refractivity contribution in [3.63, 3.8) is 0 Å². The number of carbonyl (C=O) groups is 1. The Hall–Kier alpha value is -2.42. The first kappa shape index (κ1) is 17.9. The van der Waals surface area contributed by atoms with Gasteiger partial charge >= 0.3 is 0 Å². The van der Waals surface area contributed by atoms with Gasteiger partial charge in [0.05, 0.1) is 7.11 Å². The third-order valence-corrected chi connectivity index (χ3v) is 5.14. The van der Waals surface area contributed by atoms with Gasteiger partial charge in [-0.2, -0.15) is 0 Å². The van der Waals surface area contributed by atoms with Crippen molar-refractivity contribution < 1.29 is 23.1 Å². The number of sulfonamides is 1. The monoisotopic (exact) mass is 350 g/mol. The number of rotatable bonds is 6. The van der Waals surface area contributed by atoms with Crippen LogP contribution in [-0.4, -0.2) is 33.6 Å². The Morgan fingerprint density at radius 3 is 2.29 bits per heavy atom. The van der Waals surface area contributed by atoms with Crippen molar-refractivity contribution in [3.8, 4) is 5.75 Å². The molecule has 0 aliphatic rings. The zero-order valence-corrected chi connectivity index (χ0v) is 14.0. The molecule has 128 valence electrons. The lowest BCUT2D eigenvalue weighted by molar-refractivity contribution is -0.133. The summed E-state index contributed by atoms with van der Waals surface area (Å²) in [6, 6.07) is 12.0. The number of hydrogen-bond donors (Lipinski definition) is 3. The van der Waals surface area contributed by atoms with E-state index in [1.54, 1.807) is 30.3 Å². The van der Waals surface area contributed by atoms with E-state index in [0.29, 0.717) is 0 Å². The lowest BCUT2D eigenvalue weighted by Crippen LogP contribution is -2.42. The van der Waals surface area contributed by atoms with Crippen LogP contribution in [0.3, 0.4) is 0 Å². The number of primary amides is 1. The SMILES string of the molecule is CNS(=O)(=O)c1ccc(C(O)(C(N)=O)c2ccccc2)cc1OC. The molecule has 4 N–H and O–H groups in total. The fourth-order valence-electron chi connectivity index (χ4n) is 2.36. The van der Waals surface area contributed by atoms with Crippen molar-refractivity contribution in [2.75, 3.05) is 14.2 Å². The number of ether oxygens (including phenoxy) is 1. The summed E-state index contributed by atoms with van der Waals surface area (Å²) in [4.78, 5) is 11.8. The van der Waals surface area contributed by atoms with Crippen LogP contribution in [0.2, 0.25) is 0 Å². The van der Waals surface area contributed by atoms with E-state index >= 15 is 0 Å². The first-order chi connectivity index (χ1) is 11.3. The molecular formula is C16H18N2O5S. The minimum atomic E-state index is -3.76. The summed E-state index contributed by atoms with van der Waals surface area (Å²) in [5.74, 6) is -1.00. The molecule has 0 aromatic heterocycles. The molecule has 1 atom stereocenters. The molecule has 1 unspecified atom stereocenters. The molecule has 0 heterocycles. The van der Waals surface area contributed by atoms with Crippen LogP contribution in [0.25, 0.3) is 0 Å². The van der Waals surface area contributed by atoms with Crippen molar-refractivity contribution in [1.29, 1.82) is 0 Å². The Morgan fingerprint density at radius 1 is 1.17 bits per heavy atom. The van der Waals surface area contributed by atoms with E-state index in [4.69, 9.17) is 10.5 Å². The quantitative estimate of drug-likeness (QED) is 0.693. The molecule has 0 fully saturated rings. The van der Waals surface area contributed by atoms with Gasteiger partial charge in [-0.05, 0) is 24.7 Å². The molecule has 2 aromatic rings. The highest BCUT2D eigenvalue weighted by molar-refractivity contribution is 7.89. The molecule has 2 aromatic carbocycles. The van der Waals surface area contributed by atoms with Crippen LogP contribution in [0.5, 0.6) is 5.75 Å². The number of nitrogens with one attached hydrogen (secondary N) is 1. The zero-order chi connectivity index (χ0) is 18.0. The fraction of sp³-hybridized carbons (Fsp3) is 0.188. The van der Waals surface area contributed by atoms with Gasteiger partial charge < -0.3 is 15.6 Å². The Labute approximate surface area is 140 Å². The maximum absolute atomic E-state index is 12.0. The van der Waals surface area contributed by atoms with Crippen LogP contribution < -0.4 is 15.2 Å². The van der Waals surface area contributed by atoms with E-state index < -0.39 is 21.5 Å². The summed E-state index contributed by atoms with van der Waals surface area (Å²) in [5, 5.41) is 10.9. The molecule has 8 heteroatoms. The van der Waals surface area contributed by atoms with Gasteiger partial charge in [0.15, 0.2) is 5.60 Å². The largest absolute Gasteiger partial charge is 0.495 e. The van der Waals surface area contributed by atoms with Crippen molar-refractivity contribution in [2.24, 2.45) is 5.73 Å². The second-order valence-electron chi connectivity index (χ2n) is 5.01. The van der Waals surface area contributed by atoms with Crippen LogP contribution >= 0.6 is 0 Å². The summed E-state index contributed by atoms with van der Waals surface area (Å²) >= 11 is 0. The summed E-state index contributed by atoms with van der Waals surface area (Å²) < 4.78 is 31.3. The van der Waals surface area contributed by atoms with E-state index in [-0.39, 0.29) is 21.8 Å². The third-order valence-electron chi connectivity index (χ3n) is 3.69. The zero-order valence-electron chi connectivity index (χ0n) is 13.2. The van der Waals surface area contributed by atoms with Crippen LogP contribution in [0.4, 0.5) is 0 Å². The van der Waals surface area contributed by atoms with Crippen molar-refractivity contribution in [1.82, 2.24) is 4.72 Å². The Morgan fingerprint density at radius 2 is 1.79 bits per heavy atom. The van der Waals surface area contributed by atoms with Crippen LogP contribution in [0.15, 0.2) is 53.4 Å². The molecule has 0 aliphatic heterocycles. The van der Waals surface area contributed by atoms with Crippen LogP contribution in [0, 0.1) is 0 Å². The average molecular weight is 350 g/mol. The van der Waals surface area contributed by atoms with Gasteiger partial charge in [-0.15, -0.1) is 0 Å². The second kappa shape index (κ2) is 6.60. The van der Waals surface area contributed by atoms with Gasteiger partial charge in [0.1, 0.15) is 10.6 Å². The molecule has 0 bridgehead atoms. The molecule has 2 rings (SSSR count). The highest BCUT2D eigenvalue weighted by Crippen LogP contribution is 2.34. The van der Waals surface area contributed by atoms with Gasteiger partial charge in [0.2, 0.25) is 10.0 Å². The highest BCUT2D eigenvalue weighted by atomic mass is 32.2. The molecule has 0 saturated heterocycles.